The fourth-order valence-electron chi connectivity index (χ4n) is 8.83. The van der Waals surface area contributed by atoms with Gasteiger partial charge in [-0.3, -0.25) is 0 Å². The van der Waals surface area contributed by atoms with Crippen molar-refractivity contribution in [1.82, 2.24) is 0 Å². The molecule has 4 aromatic rings. The second-order valence-electron chi connectivity index (χ2n) is 12.4. The first-order valence-electron chi connectivity index (χ1n) is 14.7. The van der Waals surface area contributed by atoms with E-state index in [2.05, 4.69) is 41.3 Å². The molecule has 6 fully saturated rings. The van der Waals surface area contributed by atoms with Crippen molar-refractivity contribution >= 4 is 23.0 Å². The molecule has 0 saturated heterocycles. The summed E-state index contributed by atoms with van der Waals surface area (Å²) in [5, 5.41) is 0. The fourth-order valence-corrected chi connectivity index (χ4v) is 8.83. The van der Waals surface area contributed by atoms with E-state index in [1.54, 1.807) is 0 Å². The second kappa shape index (κ2) is 9.41. The van der Waals surface area contributed by atoms with E-state index < -0.39 is 0 Å². The Morgan fingerprint density at radius 1 is 0.707 bits per heavy atom. The number of benzene rings is 4. The molecule has 6 aliphatic carbocycles. The van der Waals surface area contributed by atoms with Crippen molar-refractivity contribution in [1.29, 1.82) is 0 Å². The van der Waals surface area contributed by atoms with Gasteiger partial charge in [-0.25, -0.2) is 4.79 Å². The highest BCUT2D eigenvalue weighted by Crippen LogP contribution is 2.81. The van der Waals surface area contributed by atoms with Gasteiger partial charge in [-0.15, -0.1) is 0 Å². The Labute approximate surface area is 240 Å². The predicted molar refractivity (Wildman–Crippen MR) is 158 cm³/mol. The van der Waals surface area contributed by atoms with Gasteiger partial charge in [-0.2, -0.15) is 0 Å². The third-order valence-corrected chi connectivity index (χ3v) is 9.84. The van der Waals surface area contributed by atoms with Crippen LogP contribution in [0, 0.1) is 23.2 Å². The standard InChI is InChI=1S/C36H33NO4/c38-33(41-36-21-25-19-26-22-35(20-25,24-36)34(26)36)23-39-30-15-17-32(18-16-30)40-31-13-11-29(12-14-31)37(27-7-3-1-4-8-27)28-9-5-2-6-10-28/h1-18,25-26,34H,19-24H2. The maximum atomic E-state index is 12.7. The topological polar surface area (TPSA) is 48.0 Å². The molecule has 0 aromatic heterocycles. The minimum Gasteiger partial charge on any atom is -0.482 e. The molecule has 5 nitrogen and oxygen atoms in total. The lowest BCUT2D eigenvalue weighted by Crippen LogP contribution is -2.79. The van der Waals surface area contributed by atoms with E-state index in [-0.39, 0.29) is 18.2 Å². The minimum atomic E-state index is -0.243. The van der Waals surface area contributed by atoms with Gasteiger partial charge in [0.05, 0.1) is 0 Å². The Bertz CT molecular complexity index is 1510. The highest BCUT2D eigenvalue weighted by molar-refractivity contribution is 5.76. The number of hydrogen-bond donors (Lipinski definition) is 0. The minimum absolute atomic E-state index is 0.0577. The summed E-state index contributed by atoms with van der Waals surface area (Å²) < 4.78 is 18.0. The lowest BCUT2D eigenvalue weighted by molar-refractivity contribution is -0.359. The van der Waals surface area contributed by atoms with Gasteiger partial charge in [0.1, 0.15) is 22.8 Å². The van der Waals surface area contributed by atoms with Gasteiger partial charge < -0.3 is 19.1 Å². The first-order valence-corrected chi connectivity index (χ1v) is 14.7. The van der Waals surface area contributed by atoms with Crippen molar-refractivity contribution in [2.75, 3.05) is 11.5 Å². The van der Waals surface area contributed by atoms with Crippen LogP contribution < -0.4 is 14.4 Å². The lowest BCUT2D eigenvalue weighted by Gasteiger charge is -2.80. The Morgan fingerprint density at radius 3 is 1.90 bits per heavy atom. The fraction of sp³-hybridized carbons (Fsp3) is 0.306. The second-order valence-corrected chi connectivity index (χ2v) is 12.4. The van der Waals surface area contributed by atoms with E-state index in [1.807, 2.05) is 72.8 Å². The van der Waals surface area contributed by atoms with E-state index in [1.165, 1.54) is 19.3 Å². The Hall–Kier alpha value is -4.25. The molecule has 5 heteroatoms. The summed E-state index contributed by atoms with van der Waals surface area (Å²) >= 11 is 0. The van der Waals surface area contributed by atoms with Crippen LogP contribution in [0.3, 0.4) is 0 Å². The van der Waals surface area contributed by atoms with Crippen LogP contribution in [0.5, 0.6) is 17.2 Å². The summed E-state index contributed by atoms with van der Waals surface area (Å²) in [6, 6.07) is 36.1. The van der Waals surface area contributed by atoms with E-state index in [0.29, 0.717) is 22.8 Å². The Morgan fingerprint density at radius 2 is 1.29 bits per heavy atom. The Kier molecular flexibility index (Phi) is 5.63. The number of para-hydroxylation sites is 2. The van der Waals surface area contributed by atoms with E-state index in [0.717, 1.165) is 47.5 Å². The summed E-state index contributed by atoms with van der Waals surface area (Å²) in [4.78, 5) is 14.9. The summed E-state index contributed by atoms with van der Waals surface area (Å²) in [5.74, 6) is 4.00. The predicted octanol–water partition coefficient (Wildman–Crippen LogP) is 8.45. The van der Waals surface area contributed by atoms with Crippen molar-refractivity contribution in [3.63, 3.8) is 0 Å². The number of rotatable bonds is 9. The van der Waals surface area contributed by atoms with Gasteiger partial charge in [0.15, 0.2) is 6.61 Å². The quantitative estimate of drug-likeness (QED) is 0.198. The van der Waals surface area contributed by atoms with Gasteiger partial charge in [0, 0.05) is 23.0 Å². The van der Waals surface area contributed by atoms with Gasteiger partial charge in [-0.05, 0) is 122 Å². The van der Waals surface area contributed by atoms with E-state index in [4.69, 9.17) is 14.2 Å². The van der Waals surface area contributed by atoms with Crippen LogP contribution in [-0.4, -0.2) is 18.2 Å². The van der Waals surface area contributed by atoms with Gasteiger partial charge >= 0.3 is 5.97 Å². The number of hydrogen-bond acceptors (Lipinski definition) is 5. The number of nitrogens with zero attached hydrogens (tertiary/aromatic N) is 1. The summed E-state index contributed by atoms with van der Waals surface area (Å²) in [7, 11) is 0. The summed E-state index contributed by atoms with van der Waals surface area (Å²) in [5.41, 5.74) is 3.56. The number of carbonyl (C=O) groups excluding carboxylic acids is 1. The van der Waals surface area contributed by atoms with Crippen LogP contribution in [0.1, 0.15) is 32.1 Å². The monoisotopic (exact) mass is 543 g/mol. The van der Waals surface area contributed by atoms with Crippen molar-refractivity contribution in [2.45, 2.75) is 37.7 Å². The summed E-state index contributed by atoms with van der Waals surface area (Å²) in [6.07, 6.45) is 6.21. The van der Waals surface area contributed by atoms with Crippen LogP contribution in [0.15, 0.2) is 109 Å². The Balaban J connectivity index is 0.884. The van der Waals surface area contributed by atoms with Crippen LogP contribution >= 0.6 is 0 Å². The molecule has 0 amide bonds. The first-order chi connectivity index (χ1) is 20.1. The van der Waals surface area contributed by atoms with E-state index in [9.17, 15) is 4.79 Å². The average Bonchev–Trinajstić information content (AvgIpc) is 2.98. The van der Waals surface area contributed by atoms with Crippen LogP contribution in [0.2, 0.25) is 0 Å². The van der Waals surface area contributed by atoms with Crippen LogP contribution in [0.4, 0.5) is 17.1 Å². The maximum absolute atomic E-state index is 12.7. The van der Waals surface area contributed by atoms with Crippen molar-refractivity contribution in [3.8, 4) is 17.2 Å². The van der Waals surface area contributed by atoms with Gasteiger partial charge in [0.25, 0.3) is 0 Å². The molecule has 5 unspecified atom stereocenters. The SMILES string of the molecule is O=C(COc1ccc(Oc2ccc(N(c3ccccc3)c3ccccc3)cc2)cc1)OC12CC3CC4CC(C3)(C1)C42. The molecule has 0 N–H and O–H groups in total. The number of carbonyl (C=O) groups is 1. The largest absolute Gasteiger partial charge is 0.482 e. The first kappa shape index (κ1) is 24.5. The molecule has 1 spiro atoms. The molecule has 206 valence electrons. The normalized spacial score (nSPS) is 28.1. The number of esters is 1. The zero-order valence-electron chi connectivity index (χ0n) is 22.9. The molecular weight excluding hydrogens is 510 g/mol. The third kappa shape index (κ3) is 4.18. The zero-order valence-corrected chi connectivity index (χ0v) is 22.9. The van der Waals surface area contributed by atoms with Gasteiger partial charge in [0.2, 0.25) is 0 Å². The smallest absolute Gasteiger partial charge is 0.344 e. The molecule has 5 atom stereocenters. The molecule has 4 aromatic carbocycles. The molecule has 6 saturated carbocycles. The average molecular weight is 544 g/mol. The molecule has 0 aliphatic heterocycles. The maximum Gasteiger partial charge on any atom is 0.344 e. The molecule has 10 rings (SSSR count). The molecular formula is C36H33NO4. The van der Waals surface area contributed by atoms with Crippen LogP contribution in [-0.2, 0) is 9.53 Å². The number of ether oxygens (including phenoxy) is 3. The third-order valence-electron chi connectivity index (χ3n) is 9.84. The van der Waals surface area contributed by atoms with Crippen molar-refractivity contribution < 1.29 is 19.0 Å². The molecule has 41 heavy (non-hydrogen) atoms. The molecule has 0 radical (unpaired) electrons. The highest BCUT2D eigenvalue weighted by Gasteiger charge is 2.79. The zero-order chi connectivity index (χ0) is 27.4. The van der Waals surface area contributed by atoms with Gasteiger partial charge in [-0.1, -0.05) is 36.4 Å². The number of anilines is 3. The van der Waals surface area contributed by atoms with Crippen LogP contribution in [0.25, 0.3) is 0 Å². The lowest BCUT2D eigenvalue weighted by atomic mass is 9.26. The van der Waals surface area contributed by atoms with Crippen molar-refractivity contribution in [3.05, 3.63) is 109 Å². The molecule has 5 bridgehead atoms. The summed E-state index contributed by atoms with van der Waals surface area (Å²) in [6.45, 7) is -0.0577. The molecule has 6 aliphatic rings. The molecule has 0 heterocycles. The van der Waals surface area contributed by atoms with E-state index >= 15 is 0 Å². The van der Waals surface area contributed by atoms with Crippen molar-refractivity contribution in [2.24, 2.45) is 23.2 Å². The highest BCUT2D eigenvalue weighted by atomic mass is 16.6.